The van der Waals surface area contributed by atoms with E-state index in [1.807, 2.05) is 24.5 Å². The molecule has 0 unspecified atom stereocenters. The van der Waals surface area contributed by atoms with Crippen molar-refractivity contribution < 1.29 is 0 Å². The van der Waals surface area contributed by atoms with Crippen LogP contribution in [0.25, 0.3) is 94.9 Å². The van der Waals surface area contributed by atoms with Crippen LogP contribution < -0.4 is 0 Å². The second kappa shape index (κ2) is 13.5. The summed E-state index contributed by atoms with van der Waals surface area (Å²) in [5.74, 6) is 0.682. The van der Waals surface area contributed by atoms with Crippen molar-refractivity contribution in [3.63, 3.8) is 0 Å². The largest absolute Gasteiger partial charge is 0.264 e. The van der Waals surface area contributed by atoms with Crippen LogP contribution in [-0.2, 0) is 6.42 Å². The number of hydrogen-bond donors (Lipinski definition) is 0. The molecule has 4 nitrogen and oxygen atoms in total. The third-order valence-electron chi connectivity index (χ3n) is 10.5. The Morgan fingerprint density at radius 3 is 1.83 bits per heavy atom. The standard InChI is InChI=1S/C50H34N4/c1-3-9-39-27-41(23-17-33(39)7-1)45-29-46(42-24-18-34-8-2-4-10-40(34)28-42)49-47(30-45)48(37-19-13-35(14-20-37)43-11-5-25-51-31-43)53-50(54-49)38-21-15-36(16-22-38)44-12-6-26-52-32-44/h1-2,4-8,10-32H,3,9H2. The van der Waals surface area contributed by atoms with Gasteiger partial charge in [-0.15, -0.1) is 0 Å². The predicted molar refractivity (Wildman–Crippen MR) is 223 cm³/mol. The highest BCUT2D eigenvalue weighted by atomic mass is 14.9. The van der Waals surface area contributed by atoms with Crippen LogP contribution in [0.2, 0.25) is 0 Å². The first kappa shape index (κ1) is 31.7. The zero-order chi connectivity index (χ0) is 35.8. The molecule has 0 fully saturated rings. The quantitative estimate of drug-likeness (QED) is 0.174. The molecule has 9 aromatic rings. The summed E-state index contributed by atoms with van der Waals surface area (Å²) in [7, 11) is 0. The lowest BCUT2D eigenvalue weighted by atomic mass is 9.90. The Kier molecular flexibility index (Phi) is 7.92. The lowest BCUT2D eigenvalue weighted by Crippen LogP contribution is -1.99. The Balaban J connectivity index is 1.22. The summed E-state index contributed by atoms with van der Waals surface area (Å²) in [4.78, 5) is 19.5. The van der Waals surface area contributed by atoms with Gasteiger partial charge in [-0.2, -0.15) is 0 Å². The van der Waals surface area contributed by atoms with Crippen molar-refractivity contribution in [2.24, 2.45) is 0 Å². The average Bonchev–Trinajstić information content (AvgIpc) is 3.26. The van der Waals surface area contributed by atoms with Gasteiger partial charge >= 0.3 is 0 Å². The summed E-state index contributed by atoms with van der Waals surface area (Å²) >= 11 is 0. The Bertz CT molecular complexity index is 2840. The summed E-state index contributed by atoms with van der Waals surface area (Å²) in [5.41, 5.74) is 15.4. The molecule has 1 aliphatic carbocycles. The van der Waals surface area contributed by atoms with Gasteiger partial charge < -0.3 is 0 Å². The fourth-order valence-electron chi connectivity index (χ4n) is 7.64. The summed E-state index contributed by atoms with van der Waals surface area (Å²) in [6, 6.07) is 52.0. The molecule has 3 heterocycles. The zero-order valence-corrected chi connectivity index (χ0v) is 29.5. The molecule has 10 rings (SSSR count). The number of allylic oxidation sites excluding steroid dienone is 1. The topological polar surface area (TPSA) is 51.6 Å². The number of rotatable bonds is 6. The maximum atomic E-state index is 5.42. The van der Waals surface area contributed by atoms with Crippen molar-refractivity contribution in [3.8, 4) is 67.2 Å². The molecule has 0 aliphatic heterocycles. The zero-order valence-electron chi connectivity index (χ0n) is 29.5. The van der Waals surface area contributed by atoms with E-state index < -0.39 is 0 Å². The Labute approximate surface area is 314 Å². The molecule has 1 aliphatic rings. The fraction of sp³-hybridized carbons (Fsp3) is 0.0400. The number of hydrogen-bond acceptors (Lipinski definition) is 4. The monoisotopic (exact) mass is 690 g/mol. The van der Waals surface area contributed by atoms with Crippen LogP contribution in [-0.4, -0.2) is 19.9 Å². The predicted octanol–water partition coefficient (Wildman–Crippen LogP) is 12.5. The van der Waals surface area contributed by atoms with Crippen molar-refractivity contribution in [2.75, 3.05) is 0 Å². The Hall–Kier alpha value is -7.04. The van der Waals surface area contributed by atoms with E-state index in [4.69, 9.17) is 9.97 Å². The summed E-state index contributed by atoms with van der Waals surface area (Å²) in [6.45, 7) is 0. The van der Waals surface area contributed by atoms with Gasteiger partial charge in [0.2, 0.25) is 0 Å². The van der Waals surface area contributed by atoms with Crippen LogP contribution in [0.15, 0.2) is 176 Å². The first-order chi connectivity index (χ1) is 26.7. The van der Waals surface area contributed by atoms with Gasteiger partial charge in [0, 0.05) is 46.9 Å². The highest BCUT2D eigenvalue weighted by Crippen LogP contribution is 2.40. The molecule has 4 heteroatoms. The second-order valence-corrected chi connectivity index (χ2v) is 13.9. The second-order valence-electron chi connectivity index (χ2n) is 13.9. The normalized spacial score (nSPS) is 12.2. The van der Waals surface area contributed by atoms with E-state index in [0.717, 1.165) is 79.5 Å². The molecule has 0 spiro atoms. The average molecular weight is 691 g/mol. The first-order valence-corrected chi connectivity index (χ1v) is 18.4. The fourth-order valence-corrected chi connectivity index (χ4v) is 7.64. The van der Waals surface area contributed by atoms with E-state index in [0.29, 0.717) is 5.82 Å². The molecule has 0 saturated carbocycles. The summed E-state index contributed by atoms with van der Waals surface area (Å²) in [5, 5.41) is 3.42. The molecule has 54 heavy (non-hydrogen) atoms. The van der Waals surface area contributed by atoms with Crippen LogP contribution in [0.4, 0.5) is 0 Å². The van der Waals surface area contributed by atoms with Crippen molar-refractivity contribution in [2.45, 2.75) is 12.8 Å². The highest BCUT2D eigenvalue weighted by molar-refractivity contribution is 6.05. The van der Waals surface area contributed by atoms with Gasteiger partial charge in [0.05, 0.1) is 11.2 Å². The summed E-state index contributed by atoms with van der Waals surface area (Å²) in [6.07, 6.45) is 14.0. The third-order valence-corrected chi connectivity index (χ3v) is 10.5. The molecular weight excluding hydrogens is 657 g/mol. The summed E-state index contributed by atoms with van der Waals surface area (Å²) < 4.78 is 0. The molecule has 0 N–H and O–H groups in total. The molecule has 6 aromatic carbocycles. The van der Waals surface area contributed by atoms with Gasteiger partial charge in [0.1, 0.15) is 0 Å². The molecule has 0 amide bonds. The lowest BCUT2D eigenvalue weighted by Gasteiger charge is -2.17. The molecule has 0 bridgehead atoms. The Morgan fingerprint density at radius 2 is 1.11 bits per heavy atom. The first-order valence-electron chi connectivity index (χ1n) is 18.4. The van der Waals surface area contributed by atoms with E-state index in [-0.39, 0.29) is 0 Å². The SMILES string of the molecule is C1=Cc2ccc(-c3cc(-c4ccc5ccccc5c4)c4nc(-c5ccc(-c6cccnc6)cc5)nc(-c5ccc(-c6cccnc6)cc5)c4c3)cc2CC1. The van der Waals surface area contributed by atoms with Crippen molar-refractivity contribution in [3.05, 3.63) is 188 Å². The minimum absolute atomic E-state index is 0.682. The van der Waals surface area contributed by atoms with Gasteiger partial charge in [-0.25, -0.2) is 9.97 Å². The molecule has 3 aromatic heterocycles. The van der Waals surface area contributed by atoms with E-state index >= 15 is 0 Å². The van der Waals surface area contributed by atoms with Gasteiger partial charge in [0.15, 0.2) is 5.82 Å². The third kappa shape index (κ3) is 5.94. The number of pyridine rings is 2. The van der Waals surface area contributed by atoms with Crippen LogP contribution in [0.3, 0.4) is 0 Å². The van der Waals surface area contributed by atoms with Crippen LogP contribution in [0, 0.1) is 0 Å². The van der Waals surface area contributed by atoms with E-state index in [2.05, 4.69) is 156 Å². The van der Waals surface area contributed by atoms with Crippen molar-refractivity contribution >= 4 is 27.8 Å². The molecule has 0 saturated heterocycles. The minimum Gasteiger partial charge on any atom is -0.264 e. The number of nitrogens with zero attached hydrogens (tertiary/aromatic N) is 4. The van der Waals surface area contributed by atoms with E-state index in [9.17, 15) is 0 Å². The van der Waals surface area contributed by atoms with Crippen molar-refractivity contribution in [1.29, 1.82) is 0 Å². The molecule has 0 radical (unpaired) electrons. The van der Waals surface area contributed by atoms with Crippen molar-refractivity contribution in [1.82, 2.24) is 19.9 Å². The van der Waals surface area contributed by atoms with E-state index in [1.165, 1.54) is 27.5 Å². The molecule has 0 atom stereocenters. The minimum atomic E-state index is 0.682. The highest BCUT2D eigenvalue weighted by Gasteiger charge is 2.19. The van der Waals surface area contributed by atoms with Gasteiger partial charge in [-0.05, 0) is 104 Å². The molecule has 254 valence electrons. The van der Waals surface area contributed by atoms with Crippen LogP contribution in [0.5, 0.6) is 0 Å². The number of benzene rings is 6. The van der Waals surface area contributed by atoms with Gasteiger partial charge in [-0.3, -0.25) is 9.97 Å². The Morgan fingerprint density at radius 1 is 0.444 bits per heavy atom. The number of fused-ring (bicyclic) bond motifs is 3. The lowest BCUT2D eigenvalue weighted by molar-refractivity contribution is 0.986. The molecular formula is C50H34N4. The van der Waals surface area contributed by atoms with Gasteiger partial charge in [-0.1, -0.05) is 127 Å². The number of aryl methyl sites for hydroxylation is 1. The maximum Gasteiger partial charge on any atom is 0.160 e. The smallest absolute Gasteiger partial charge is 0.160 e. The maximum absolute atomic E-state index is 5.42. The van der Waals surface area contributed by atoms with Crippen LogP contribution in [0.1, 0.15) is 17.5 Å². The van der Waals surface area contributed by atoms with E-state index in [1.54, 1.807) is 12.4 Å². The van der Waals surface area contributed by atoms with Gasteiger partial charge in [0.25, 0.3) is 0 Å². The number of aromatic nitrogens is 4. The van der Waals surface area contributed by atoms with Crippen LogP contribution >= 0.6 is 0 Å².